The summed E-state index contributed by atoms with van der Waals surface area (Å²) in [6.45, 7) is 8.12. The molecular weight excluding hydrogens is 370 g/mol. The first-order valence-corrected chi connectivity index (χ1v) is 10.00. The molecule has 28 heavy (non-hydrogen) atoms. The Morgan fingerprint density at radius 1 is 0.929 bits per heavy atom. The summed E-state index contributed by atoms with van der Waals surface area (Å²) in [5, 5.41) is 1.92. The van der Waals surface area contributed by atoms with Crippen LogP contribution in [0, 0.1) is 27.7 Å². The number of hydrazine groups is 1. The maximum absolute atomic E-state index is 12.1. The number of nitrogens with one attached hydrogen (secondary N) is 2. The first-order chi connectivity index (χ1) is 13.3. The van der Waals surface area contributed by atoms with Gasteiger partial charge in [0, 0.05) is 10.9 Å². The molecule has 0 fully saturated rings. The van der Waals surface area contributed by atoms with Crippen LogP contribution in [0.15, 0.2) is 47.5 Å². The van der Waals surface area contributed by atoms with Crippen molar-refractivity contribution in [2.24, 2.45) is 0 Å². The number of carbonyl (C=O) groups excluding carboxylic acids is 2. The second-order valence-electron chi connectivity index (χ2n) is 6.84. The first-order valence-electron chi connectivity index (χ1n) is 9.01. The number of hydrogen-bond acceptors (Lipinski definition) is 4. The van der Waals surface area contributed by atoms with E-state index in [1.54, 1.807) is 12.1 Å². The van der Waals surface area contributed by atoms with Crippen molar-refractivity contribution in [1.29, 1.82) is 0 Å². The van der Waals surface area contributed by atoms with E-state index < -0.39 is 0 Å². The Labute approximate surface area is 168 Å². The molecule has 5 nitrogen and oxygen atoms in total. The Morgan fingerprint density at radius 3 is 2.36 bits per heavy atom. The van der Waals surface area contributed by atoms with Gasteiger partial charge in [0.05, 0.1) is 16.3 Å². The molecule has 0 radical (unpaired) electrons. The Balaban J connectivity index is 1.60. The minimum Gasteiger partial charge on any atom is -0.272 e. The van der Waals surface area contributed by atoms with E-state index in [0.29, 0.717) is 5.56 Å². The summed E-state index contributed by atoms with van der Waals surface area (Å²) in [5.74, 6) is -0.466. The molecular formula is C22H23N3O2S. The van der Waals surface area contributed by atoms with E-state index in [2.05, 4.69) is 36.8 Å². The SMILES string of the molecule is Cc1ccc(C(=O)NNC(=O)CSc2cc(C)c3ccc(C)c(C)c3n2)cc1. The molecule has 2 amide bonds. The molecule has 0 spiro atoms. The van der Waals surface area contributed by atoms with Crippen LogP contribution >= 0.6 is 11.8 Å². The number of carbonyl (C=O) groups is 2. The lowest BCUT2D eigenvalue weighted by atomic mass is 10.0. The zero-order valence-corrected chi connectivity index (χ0v) is 17.2. The second kappa shape index (κ2) is 8.44. The summed E-state index contributed by atoms with van der Waals surface area (Å²) < 4.78 is 0. The van der Waals surface area contributed by atoms with Gasteiger partial charge in [0.15, 0.2) is 0 Å². The van der Waals surface area contributed by atoms with Gasteiger partial charge in [0.1, 0.15) is 0 Å². The fourth-order valence-corrected chi connectivity index (χ4v) is 3.59. The third-order valence-corrected chi connectivity index (χ3v) is 5.58. The van der Waals surface area contributed by atoms with Crippen molar-refractivity contribution in [3.05, 3.63) is 70.3 Å². The van der Waals surface area contributed by atoms with Crippen molar-refractivity contribution < 1.29 is 9.59 Å². The molecule has 0 saturated carbocycles. The lowest BCUT2D eigenvalue weighted by Gasteiger charge is -2.11. The second-order valence-corrected chi connectivity index (χ2v) is 7.83. The lowest BCUT2D eigenvalue weighted by Crippen LogP contribution is -2.42. The average Bonchev–Trinajstić information content (AvgIpc) is 2.68. The van der Waals surface area contributed by atoms with Gasteiger partial charge in [-0.25, -0.2) is 4.98 Å². The number of benzene rings is 2. The number of hydrogen-bond donors (Lipinski definition) is 2. The lowest BCUT2D eigenvalue weighted by molar-refractivity contribution is -0.119. The minimum atomic E-state index is -0.343. The summed E-state index contributed by atoms with van der Waals surface area (Å²) in [4.78, 5) is 28.9. The molecule has 0 atom stereocenters. The van der Waals surface area contributed by atoms with E-state index in [0.717, 1.165) is 32.6 Å². The zero-order valence-electron chi connectivity index (χ0n) is 16.4. The molecule has 144 valence electrons. The van der Waals surface area contributed by atoms with Gasteiger partial charge in [-0.15, -0.1) is 0 Å². The highest BCUT2D eigenvalue weighted by molar-refractivity contribution is 7.99. The largest absolute Gasteiger partial charge is 0.272 e. The zero-order chi connectivity index (χ0) is 20.3. The Bertz CT molecular complexity index is 1050. The summed E-state index contributed by atoms with van der Waals surface area (Å²) in [6, 6.07) is 13.3. The molecule has 2 N–H and O–H groups in total. The predicted octanol–water partition coefficient (Wildman–Crippen LogP) is 4.02. The van der Waals surface area contributed by atoms with Crippen LogP contribution in [0.2, 0.25) is 0 Å². The van der Waals surface area contributed by atoms with E-state index in [-0.39, 0.29) is 17.6 Å². The van der Waals surface area contributed by atoms with Crippen LogP contribution in [0.5, 0.6) is 0 Å². The molecule has 3 aromatic rings. The number of pyridine rings is 1. The number of aromatic nitrogens is 1. The summed E-state index contributed by atoms with van der Waals surface area (Å²) in [6.07, 6.45) is 0. The predicted molar refractivity (Wildman–Crippen MR) is 113 cm³/mol. The summed E-state index contributed by atoms with van der Waals surface area (Å²) >= 11 is 1.35. The average molecular weight is 394 g/mol. The van der Waals surface area contributed by atoms with Gasteiger partial charge in [-0.3, -0.25) is 20.4 Å². The molecule has 0 saturated heterocycles. The van der Waals surface area contributed by atoms with Crippen LogP contribution in [0.3, 0.4) is 0 Å². The Hall–Kier alpha value is -2.86. The molecule has 1 aromatic heterocycles. The van der Waals surface area contributed by atoms with Gasteiger partial charge in [0.2, 0.25) is 5.91 Å². The molecule has 0 bridgehead atoms. The third-order valence-electron chi connectivity index (χ3n) is 4.67. The Kier molecular flexibility index (Phi) is 5.99. The molecule has 0 unspecified atom stereocenters. The number of thioether (sulfide) groups is 1. The number of amides is 2. The highest BCUT2D eigenvalue weighted by Crippen LogP contribution is 2.27. The molecule has 2 aromatic carbocycles. The van der Waals surface area contributed by atoms with Crippen LogP contribution in [-0.4, -0.2) is 22.6 Å². The number of rotatable bonds is 4. The smallest absolute Gasteiger partial charge is 0.269 e. The van der Waals surface area contributed by atoms with E-state index in [9.17, 15) is 9.59 Å². The monoisotopic (exact) mass is 393 g/mol. The van der Waals surface area contributed by atoms with Gasteiger partial charge in [-0.2, -0.15) is 0 Å². The van der Waals surface area contributed by atoms with E-state index in [1.165, 1.54) is 17.3 Å². The molecule has 0 aliphatic heterocycles. The first kappa shape index (κ1) is 19.9. The fraction of sp³-hybridized carbons (Fsp3) is 0.227. The minimum absolute atomic E-state index is 0.164. The van der Waals surface area contributed by atoms with Gasteiger partial charge in [-0.05, 0) is 62.6 Å². The number of nitrogens with zero attached hydrogens (tertiary/aromatic N) is 1. The Morgan fingerprint density at radius 2 is 1.64 bits per heavy atom. The maximum Gasteiger partial charge on any atom is 0.269 e. The fourth-order valence-electron chi connectivity index (χ4n) is 2.82. The van der Waals surface area contributed by atoms with E-state index in [4.69, 9.17) is 4.98 Å². The molecule has 3 rings (SSSR count). The topological polar surface area (TPSA) is 71.1 Å². The van der Waals surface area contributed by atoms with Gasteiger partial charge in [0.25, 0.3) is 5.91 Å². The van der Waals surface area contributed by atoms with Crippen LogP contribution < -0.4 is 10.9 Å². The highest BCUT2D eigenvalue weighted by atomic mass is 32.2. The van der Waals surface area contributed by atoms with Crippen LogP contribution in [-0.2, 0) is 4.79 Å². The van der Waals surface area contributed by atoms with Crippen molar-refractivity contribution in [3.63, 3.8) is 0 Å². The maximum atomic E-state index is 12.1. The molecule has 0 aliphatic carbocycles. The van der Waals surface area contributed by atoms with Crippen molar-refractivity contribution in [2.75, 3.05) is 5.75 Å². The number of fused-ring (bicyclic) bond motifs is 1. The van der Waals surface area contributed by atoms with Crippen LogP contribution in [0.25, 0.3) is 10.9 Å². The van der Waals surface area contributed by atoms with Crippen molar-refractivity contribution in [3.8, 4) is 0 Å². The van der Waals surface area contributed by atoms with Crippen molar-refractivity contribution >= 4 is 34.5 Å². The van der Waals surface area contributed by atoms with Gasteiger partial charge < -0.3 is 0 Å². The normalized spacial score (nSPS) is 10.7. The summed E-state index contributed by atoms with van der Waals surface area (Å²) in [7, 11) is 0. The number of aryl methyl sites for hydroxylation is 4. The quantitative estimate of drug-likeness (QED) is 0.519. The van der Waals surface area contributed by atoms with Crippen molar-refractivity contribution in [1.82, 2.24) is 15.8 Å². The van der Waals surface area contributed by atoms with Crippen LogP contribution in [0.1, 0.15) is 32.6 Å². The molecule has 0 aliphatic rings. The van der Waals surface area contributed by atoms with Gasteiger partial charge in [-0.1, -0.05) is 41.6 Å². The van der Waals surface area contributed by atoms with Crippen LogP contribution in [0.4, 0.5) is 0 Å². The van der Waals surface area contributed by atoms with E-state index in [1.807, 2.05) is 32.0 Å². The highest BCUT2D eigenvalue weighted by Gasteiger charge is 2.11. The standard InChI is InChI=1S/C22H23N3O2S/c1-13-5-8-17(9-6-13)22(27)25-24-19(26)12-28-20-11-15(3)18-10-7-14(2)16(4)21(18)23-20/h5-11H,12H2,1-4H3,(H,24,26)(H,25,27). The molecule has 6 heteroatoms. The summed E-state index contributed by atoms with van der Waals surface area (Å²) in [5.41, 5.74) is 10.9. The van der Waals surface area contributed by atoms with Crippen molar-refractivity contribution in [2.45, 2.75) is 32.7 Å². The van der Waals surface area contributed by atoms with E-state index >= 15 is 0 Å². The third kappa shape index (κ3) is 4.51. The molecule has 1 heterocycles. The van der Waals surface area contributed by atoms with Gasteiger partial charge >= 0.3 is 0 Å².